The smallest absolute Gasteiger partial charge is 0.254 e. The van der Waals surface area contributed by atoms with E-state index in [2.05, 4.69) is 40.7 Å². The maximum Gasteiger partial charge on any atom is 0.254 e. The monoisotopic (exact) mass is 518 g/mol. The Morgan fingerprint density at radius 3 is 2.32 bits per heavy atom. The SMILES string of the molecule is CC(C)/C(=C/C(=N)c1ccc(F)cc1)c1ncc(C=O)[nH]1.CN1CCN(C(=O)c2ccncc2)CC1(C)C. The molecule has 8 nitrogen and oxygen atoms in total. The zero-order valence-electron chi connectivity index (χ0n) is 22.5. The summed E-state index contributed by atoms with van der Waals surface area (Å²) in [7, 11) is 2.11. The fraction of sp³-hybridized carbons (Fsp3) is 0.345. The number of carbonyl (C=O) groups is 2. The van der Waals surface area contributed by atoms with Crippen molar-refractivity contribution in [2.75, 3.05) is 26.7 Å². The molecule has 2 aromatic heterocycles. The van der Waals surface area contributed by atoms with Crippen molar-refractivity contribution >= 4 is 23.5 Å². The molecule has 1 saturated heterocycles. The number of pyridine rings is 1. The summed E-state index contributed by atoms with van der Waals surface area (Å²) < 4.78 is 12.9. The number of halogens is 1. The molecule has 38 heavy (non-hydrogen) atoms. The molecule has 2 N–H and O–H groups in total. The van der Waals surface area contributed by atoms with E-state index < -0.39 is 0 Å². The molecule has 1 aliphatic rings. The number of allylic oxidation sites excluding steroid dienone is 2. The predicted octanol–water partition coefficient (Wildman–Crippen LogP) is 4.72. The number of piperazine rings is 1. The van der Waals surface area contributed by atoms with Crippen LogP contribution in [-0.2, 0) is 0 Å². The summed E-state index contributed by atoms with van der Waals surface area (Å²) in [6.45, 7) is 10.8. The molecule has 0 aliphatic carbocycles. The van der Waals surface area contributed by atoms with Gasteiger partial charge in [0, 0.05) is 43.1 Å². The topological polar surface area (TPSA) is 106 Å². The number of aromatic amines is 1. The number of nitrogens with zero attached hydrogens (tertiary/aromatic N) is 4. The Hall–Kier alpha value is -3.98. The van der Waals surface area contributed by atoms with Crippen LogP contribution in [-0.4, -0.2) is 74.9 Å². The molecule has 0 atom stereocenters. The third kappa shape index (κ3) is 7.29. The van der Waals surface area contributed by atoms with Gasteiger partial charge in [0.25, 0.3) is 5.91 Å². The Bertz CT molecular complexity index is 1280. The summed E-state index contributed by atoms with van der Waals surface area (Å²) in [5.74, 6) is 0.463. The summed E-state index contributed by atoms with van der Waals surface area (Å²) >= 11 is 0. The molecular weight excluding hydrogens is 483 g/mol. The standard InChI is InChI=1S/C16H16FN3O.C13H19N3O/c1-10(2)14(16-19-8-13(9-21)20-16)7-15(18)11-3-5-12(17)6-4-11;1-13(2)10-16(9-8-15(13)3)12(17)11-4-6-14-7-5-11/h3-10,18H,1-2H3,(H,19,20);4-7H,8-10H2,1-3H3/b14-7-,18-15?;. The second-order valence-electron chi connectivity index (χ2n) is 10.2. The normalized spacial score (nSPS) is 15.6. The first-order chi connectivity index (χ1) is 18.0. The van der Waals surface area contributed by atoms with Gasteiger partial charge in [0.05, 0.1) is 17.6 Å². The van der Waals surface area contributed by atoms with Crippen LogP contribution >= 0.6 is 0 Å². The average Bonchev–Trinajstić information content (AvgIpc) is 3.38. The second kappa shape index (κ2) is 12.5. The lowest BCUT2D eigenvalue weighted by Gasteiger charge is -2.45. The minimum atomic E-state index is -0.332. The van der Waals surface area contributed by atoms with Crippen molar-refractivity contribution in [3.05, 3.63) is 89.5 Å². The number of imidazole rings is 1. The average molecular weight is 519 g/mol. The number of aromatic nitrogens is 3. The van der Waals surface area contributed by atoms with E-state index in [1.165, 1.54) is 18.3 Å². The molecule has 0 bridgehead atoms. The van der Waals surface area contributed by atoms with Gasteiger partial charge in [-0.3, -0.25) is 19.5 Å². The number of hydrogen-bond acceptors (Lipinski definition) is 6. The van der Waals surface area contributed by atoms with Crippen molar-refractivity contribution in [3.63, 3.8) is 0 Å². The van der Waals surface area contributed by atoms with Crippen LogP contribution in [0.25, 0.3) is 5.57 Å². The van der Waals surface area contributed by atoms with E-state index in [9.17, 15) is 14.0 Å². The molecule has 4 rings (SSSR count). The van der Waals surface area contributed by atoms with E-state index in [4.69, 9.17) is 5.41 Å². The highest BCUT2D eigenvalue weighted by Crippen LogP contribution is 2.22. The highest BCUT2D eigenvalue weighted by atomic mass is 19.1. The van der Waals surface area contributed by atoms with Gasteiger partial charge in [-0.05, 0) is 80.4 Å². The van der Waals surface area contributed by atoms with Crippen LogP contribution in [0.5, 0.6) is 0 Å². The van der Waals surface area contributed by atoms with Crippen molar-refractivity contribution in [3.8, 4) is 0 Å². The lowest BCUT2D eigenvalue weighted by atomic mass is 9.98. The summed E-state index contributed by atoms with van der Waals surface area (Å²) in [5, 5.41) is 8.11. The number of amides is 1. The number of benzene rings is 1. The summed E-state index contributed by atoms with van der Waals surface area (Å²) in [5.41, 5.74) is 2.86. The first-order valence-corrected chi connectivity index (χ1v) is 12.5. The predicted molar refractivity (Wildman–Crippen MR) is 147 cm³/mol. The molecule has 1 amide bonds. The van der Waals surface area contributed by atoms with Crippen LogP contribution < -0.4 is 0 Å². The van der Waals surface area contributed by atoms with Crippen LogP contribution in [0.2, 0.25) is 0 Å². The van der Waals surface area contributed by atoms with E-state index in [0.717, 1.165) is 30.8 Å². The molecule has 3 heterocycles. The van der Waals surface area contributed by atoms with Gasteiger partial charge in [0.1, 0.15) is 11.6 Å². The van der Waals surface area contributed by atoms with Crippen LogP contribution in [0.15, 0.2) is 61.1 Å². The van der Waals surface area contributed by atoms with E-state index in [1.807, 2.05) is 18.7 Å². The molecular formula is C29H35FN6O2. The zero-order valence-corrected chi connectivity index (χ0v) is 22.5. The lowest BCUT2D eigenvalue weighted by molar-refractivity contribution is 0.0311. The number of likely N-dealkylation sites (N-methyl/N-ethyl adjacent to an activating group) is 1. The Morgan fingerprint density at radius 2 is 1.76 bits per heavy atom. The van der Waals surface area contributed by atoms with Gasteiger partial charge in [-0.15, -0.1) is 0 Å². The van der Waals surface area contributed by atoms with E-state index in [0.29, 0.717) is 23.4 Å². The highest BCUT2D eigenvalue weighted by molar-refractivity contribution is 6.10. The van der Waals surface area contributed by atoms with Crippen molar-refractivity contribution in [2.24, 2.45) is 5.92 Å². The van der Waals surface area contributed by atoms with Gasteiger partial charge in [0.2, 0.25) is 0 Å². The Kier molecular flexibility index (Phi) is 9.41. The molecule has 0 spiro atoms. The van der Waals surface area contributed by atoms with Crippen LogP contribution in [0.3, 0.4) is 0 Å². The van der Waals surface area contributed by atoms with Crippen molar-refractivity contribution in [1.82, 2.24) is 24.8 Å². The van der Waals surface area contributed by atoms with Gasteiger partial charge in [-0.2, -0.15) is 0 Å². The largest absolute Gasteiger partial charge is 0.336 e. The second-order valence-corrected chi connectivity index (χ2v) is 10.2. The van der Waals surface area contributed by atoms with Gasteiger partial charge in [-0.1, -0.05) is 13.8 Å². The molecule has 0 unspecified atom stereocenters. The molecule has 1 aliphatic heterocycles. The number of nitrogens with one attached hydrogen (secondary N) is 2. The molecule has 0 saturated carbocycles. The van der Waals surface area contributed by atoms with E-state index in [-0.39, 0.29) is 28.9 Å². The summed E-state index contributed by atoms with van der Waals surface area (Å²) in [6, 6.07) is 9.31. The van der Waals surface area contributed by atoms with Crippen molar-refractivity contribution in [2.45, 2.75) is 33.2 Å². The van der Waals surface area contributed by atoms with Crippen LogP contribution in [0.4, 0.5) is 4.39 Å². The molecule has 0 radical (unpaired) electrons. The van der Waals surface area contributed by atoms with Gasteiger partial charge in [0.15, 0.2) is 6.29 Å². The molecule has 200 valence electrons. The molecule has 3 aromatic rings. The van der Waals surface area contributed by atoms with E-state index in [1.54, 1.807) is 42.7 Å². The fourth-order valence-electron chi connectivity index (χ4n) is 4.01. The van der Waals surface area contributed by atoms with Gasteiger partial charge in [-0.25, -0.2) is 9.37 Å². The van der Waals surface area contributed by atoms with Crippen LogP contribution in [0, 0.1) is 17.1 Å². The lowest BCUT2D eigenvalue weighted by Crippen LogP contribution is -2.58. The number of hydrogen-bond donors (Lipinski definition) is 2. The van der Waals surface area contributed by atoms with Crippen LogP contribution in [0.1, 0.15) is 59.9 Å². The first-order valence-electron chi connectivity index (χ1n) is 12.5. The maximum atomic E-state index is 12.9. The van der Waals surface area contributed by atoms with Crippen molar-refractivity contribution in [1.29, 1.82) is 5.41 Å². The molecule has 1 fully saturated rings. The maximum absolute atomic E-state index is 12.9. The minimum Gasteiger partial charge on any atom is -0.336 e. The number of rotatable bonds is 6. The Balaban J connectivity index is 0.000000215. The number of H-pyrrole nitrogens is 1. The Morgan fingerprint density at radius 1 is 1.11 bits per heavy atom. The van der Waals surface area contributed by atoms with Gasteiger partial charge >= 0.3 is 0 Å². The Labute approximate surface area is 223 Å². The third-order valence-electron chi connectivity index (χ3n) is 6.60. The third-order valence-corrected chi connectivity index (χ3v) is 6.60. The summed E-state index contributed by atoms with van der Waals surface area (Å²) in [6.07, 6.45) is 7.16. The fourth-order valence-corrected chi connectivity index (χ4v) is 4.01. The quantitative estimate of drug-likeness (QED) is 0.363. The number of carbonyl (C=O) groups excluding carboxylic acids is 2. The summed E-state index contributed by atoms with van der Waals surface area (Å²) in [4.78, 5) is 38.2. The molecule has 9 heteroatoms. The number of aldehydes is 1. The van der Waals surface area contributed by atoms with E-state index >= 15 is 0 Å². The minimum absolute atomic E-state index is 0.0426. The van der Waals surface area contributed by atoms with Crippen molar-refractivity contribution < 1.29 is 14.0 Å². The first kappa shape index (κ1) is 28.6. The van der Waals surface area contributed by atoms with Gasteiger partial charge < -0.3 is 15.3 Å². The zero-order chi connectivity index (χ0) is 27.9. The molecule has 1 aromatic carbocycles. The highest BCUT2D eigenvalue weighted by Gasteiger charge is 2.33.